The van der Waals surface area contributed by atoms with Crippen LogP contribution >= 0.6 is 0 Å². The minimum absolute atomic E-state index is 0.246. The van der Waals surface area contributed by atoms with Crippen molar-refractivity contribution < 1.29 is 18.3 Å². The van der Waals surface area contributed by atoms with Gasteiger partial charge in [0.05, 0.1) is 0 Å². The first-order chi connectivity index (χ1) is 20.0. The number of carbonyl (C=O) groups excluding carboxylic acids is 1. The van der Waals surface area contributed by atoms with Gasteiger partial charge in [0, 0.05) is 49.8 Å². The molecule has 4 nitrogen and oxygen atoms in total. The molecule has 1 aliphatic rings. The first-order valence-electron chi connectivity index (χ1n) is 15.7. The Balaban J connectivity index is 3.42. The predicted molar refractivity (Wildman–Crippen MR) is 174 cm³/mol. The minimum Gasteiger partial charge on any atom is -0.473 e. The van der Waals surface area contributed by atoms with E-state index in [2.05, 4.69) is 70.4 Å². The fourth-order valence-corrected chi connectivity index (χ4v) is 5.23. The Hall–Kier alpha value is -2.89. The maximum Gasteiger partial charge on any atom is 0.272 e. The molecule has 0 aromatic rings. The van der Waals surface area contributed by atoms with E-state index in [9.17, 15) is 13.6 Å². The molecule has 1 atom stereocenters. The lowest BCUT2D eigenvalue weighted by Crippen LogP contribution is -2.30. The number of ether oxygens (including phenoxy) is 1. The van der Waals surface area contributed by atoms with Gasteiger partial charge in [0.2, 0.25) is 0 Å². The van der Waals surface area contributed by atoms with Gasteiger partial charge in [-0.2, -0.15) is 0 Å². The highest BCUT2D eigenvalue weighted by Gasteiger charge is 2.24. The summed E-state index contributed by atoms with van der Waals surface area (Å²) in [5.74, 6) is 0.492. The van der Waals surface area contributed by atoms with Gasteiger partial charge in [-0.15, -0.1) is 0 Å². The second-order valence-electron chi connectivity index (χ2n) is 11.1. The Kier molecular flexibility index (Phi) is 17.8. The first-order valence-corrected chi connectivity index (χ1v) is 15.7. The number of nitrogens with zero attached hydrogens (tertiary/aromatic N) is 1. The summed E-state index contributed by atoms with van der Waals surface area (Å²) in [5.41, 5.74) is 7.68. The van der Waals surface area contributed by atoms with Crippen LogP contribution in [0.25, 0.3) is 0 Å². The van der Waals surface area contributed by atoms with E-state index in [1.54, 1.807) is 0 Å². The molecular weight excluding hydrogens is 530 g/mol. The van der Waals surface area contributed by atoms with E-state index in [1.807, 2.05) is 38.8 Å². The molecule has 0 aliphatic carbocycles. The summed E-state index contributed by atoms with van der Waals surface area (Å²) in [5, 5.41) is 3.53. The fraction of sp³-hybridized carbons (Fsp3) is 0.583. The quantitative estimate of drug-likeness (QED) is 0.121. The molecule has 236 valence electrons. The van der Waals surface area contributed by atoms with Gasteiger partial charge in [0.25, 0.3) is 6.43 Å². The van der Waals surface area contributed by atoms with Crippen LogP contribution in [0.1, 0.15) is 100 Å². The standard InChI is InChI=1S/C36H56F2N2O2/c1-10-15-19-29(16-11-2)21-34(41)28(8)32(18-13-4)33(31(17-12-3)26(6)14-5)23-39-22-30-20-27(7)36(40(9)24-30)42-25-35(37)38/h12,16-18,20,23,28,35,39H,10-11,13-15,19,21-22,24-25H2,1-9H3/b17-12-,29-16+,31-26-,32-18+,33-23+. The monoisotopic (exact) mass is 586 g/mol. The third-order valence-electron chi connectivity index (χ3n) is 7.51. The average molecular weight is 587 g/mol. The number of halogens is 2. The van der Waals surface area contributed by atoms with Gasteiger partial charge in [-0.25, -0.2) is 8.78 Å². The highest BCUT2D eigenvalue weighted by atomic mass is 19.3. The van der Waals surface area contributed by atoms with Gasteiger partial charge < -0.3 is 15.0 Å². The molecule has 0 bridgehead atoms. The van der Waals surface area contributed by atoms with Crippen molar-refractivity contribution in [1.29, 1.82) is 0 Å². The summed E-state index contributed by atoms with van der Waals surface area (Å²) in [6.07, 6.45) is 16.5. The third-order valence-corrected chi connectivity index (χ3v) is 7.51. The van der Waals surface area contributed by atoms with Crippen LogP contribution in [-0.2, 0) is 9.53 Å². The molecule has 1 unspecified atom stereocenters. The number of ketones is 1. The number of unbranched alkanes of at least 4 members (excludes halogenated alkanes) is 1. The Morgan fingerprint density at radius 2 is 1.86 bits per heavy atom. The smallest absolute Gasteiger partial charge is 0.272 e. The van der Waals surface area contributed by atoms with Crippen LogP contribution in [0.5, 0.6) is 0 Å². The number of allylic oxidation sites excluding steroid dienone is 11. The van der Waals surface area contributed by atoms with E-state index < -0.39 is 13.0 Å². The van der Waals surface area contributed by atoms with Gasteiger partial charge in [0.1, 0.15) is 5.78 Å². The van der Waals surface area contributed by atoms with E-state index in [-0.39, 0.29) is 11.7 Å². The molecule has 0 amide bonds. The molecule has 0 fully saturated rings. The zero-order valence-corrected chi connectivity index (χ0v) is 27.7. The summed E-state index contributed by atoms with van der Waals surface area (Å²) in [4.78, 5) is 15.6. The van der Waals surface area contributed by atoms with E-state index in [0.29, 0.717) is 25.4 Å². The van der Waals surface area contributed by atoms with Crippen molar-refractivity contribution in [3.05, 3.63) is 81.5 Å². The number of rotatable bonds is 19. The molecule has 1 heterocycles. The summed E-state index contributed by atoms with van der Waals surface area (Å²) < 4.78 is 30.8. The Bertz CT molecular complexity index is 1090. The topological polar surface area (TPSA) is 41.6 Å². The van der Waals surface area contributed by atoms with Crippen molar-refractivity contribution in [1.82, 2.24) is 10.2 Å². The van der Waals surface area contributed by atoms with Gasteiger partial charge in [0.15, 0.2) is 12.5 Å². The van der Waals surface area contributed by atoms with Gasteiger partial charge in [-0.1, -0.05) is 82.6 Å². The van der Waals surface area contributed by atoms with Crippen molar-refractivity contribution >= 4 is 5.78 Å². The first kappa shape index (κ1) is 37.1. The second-order valence-corrected chi connectivity index (χ2v) is 11.1. The molecule has 6 heteroatoms. The van der Waals surface area contributed by atoms with Crippen LogP contribution < -0.4 is 5.32 Å². The van der Waals surface area contributed by atoms with Gasteiger partial charge >= 0.3 is 0 Å². The van der Waals surface area contributed by atoms with E-state index in [1.165, 1.54) is 11.1 Å². The minimum atomic E-state index is -2.51. The second kappa shape index (κ2) is 20.1. The number of alkyl halides is 2. The van der Waals surface area contributed by atoms with Crippen molar-refractivity contribution in [2.24, 2.45) is 5.92 Å². The number of hydrogen-bond donors (Lipinski definition) is 1. The Morgan fingerprint density at radius 3 is 2.40 bits per heavy atom. The normalized spacial score (nSPS) is 16.7. The highest BCUT2D eigenvalue weighted by Crippen LogP contribution is 2.32. The summed E-state index contributed by atoms with van der Waals surface area (Å²) in [6.45, 7) is 17.2. The fourth-order valence-electron chi connectivity index (χ4n) is 5.23. The van der Waals surface area contributed by atoms with Crippen molar-refractivity contribution in [3.8, 4) is 0 Å². The number of nitrogens with one attached hydrogen (secondary N) is 1. The Labute approximate surface area is 255 Å². The third kappa shape index (κ3) is 12.1. The van der Waals surface area contributed by atoms with E-state index in [4.69, 9.17) is 4.74 Å². The van der Waals surface area contributed by atoms with Crippen LogP contribution in [-0.4, -0.2) is 43.9 Å². The molecule has 0 spiro atoms. The molecule has 0 saturated heterocycles. The summed E-state index contributed by atoms with van der Waals surface area (Å²) in [6, 6.07) is 0. The Morgan fingerprint density at radius 1 is 1.17 bits per heavy atom. The molecule has 1 rings (SSSR count). The van der Waals surface area contributed by atoms with Crippen LogP contribution in [0.2, 0.25) is 0 Å². The lowest BCUT2D eigenvalue weighted by molar-refractivity contribution is -0.120. The lowest BCUT2D eigenvalue weighted by Gasteiger charge is -2.29. The van der Waals surface area contributed by atoms with Crippen LogP contribution in [0.4, 0.5) is 8.78 Å². The average Bonchev–Trinajstić information content (AvgIpc) is 2.94. The number of carbonyl (C=O) groups is 1. The SMILES string of the molecule is C\C=C/C(C(=C\NCC1=CC(C)=C(OCC(F)F)N(C)C1)/C(=C/CC)C(C)C(=O)C/C(=C/CC)CCCC)=C(\C)CC. The van der Waals surface area contributed by atoms with E-state index >= 15 is 0 Å². The van der Waals surface area contributed by atoms with Crippen molar-refractivity contribution in [3.63, 3.8) is 0 Å². The zero-order chi connectivity index (χ0) is 31.7. The van der Waals surface area contributed by atoms with Crippen molar-refractivity contribution in [2.75, 3.05) is 26.7 Å². The molecule has 1 aliphatic heterocycles. The molecule has 0 aromatic carbocycles. The lowest BCUT2D eigenvalue weighted by atomic mass is 9.82. The number of likely N-dealkylation sites (N-methyl/N-ethyl adjacent to an activating group) is 1. The molecule has 0 radical (unpaired) electrons. The predicted octanol–water partition coefficient (Wildman–Crippen LogP) is 9.61. The maximum absolute atomic E-state index is 13.7. The van der Waals surface area contributed by atoms with Crippen LogP contribution in [0, 0.1) is 5.92 Å². The number of hydrogen-bond acceptors (Lipinski definition) is 4. The van der Waals surface area contributed by atoms with Crippen LogP contribution in [0.3, 0.4) is 0 Å². The maximum atomic E-state index is 13.7. The van der Waals surface area contributed by atoms with Crippen molar-refractivity contribution in [2.45, 2.75) is 107 Å². The molecule has 1 N–H and O–H groups in total. The number of Topliss-reactive ketones (excluding diaryl/α,β-unsaturated/α-hetero) is 1. The molecule has 0 aromatic heterocycles. The molecule has 0 saturated carbocycles. The highest BCUT2D eigenvalue weighted by molar-refractivity contribution is 5.87. The molecule has 42 heavy (non-hydrogen) atoms. The van der Waals surface area contributed by atoms with Crippen LogP contribution in [0.15, 0.2) is 81.5 Å². The van der Waals surface area contributed by atoms with Gasteiger partial charge in [-0.05, 0) is 69.6 Å². The summed E-state index contributed by atoms with van der Waals surface area (Å²) in [7, 11) is 1.85. The zero-order valence-electron chi connectivity index (χ0n) is 27.7. The molecular formula is C36H56F2N2O2. The largest absolute Gasteiger partial charge is 0.473 e. The summed E-state index contributed by atoms with van der Waals surface area (Å²) >= 11 is 0. The van der Waals surface area contributed by atoms with Gasteiger partial charge in [-0.3, -0.25) is 4.79 Å². The van der Waals surface area contributed by atoms with E-state index in [0.717, 1.165) is 66.4 Å².